The van der Waals surface area contributed by atoms with Crippen LogP contribution in [0.15, 0.2) is 30.3 Å². The van der Waals surface area contributed by atoms with E-state index in [9.17, 15) is 9.59 Å². The van der Waals surface area contributed by atoms with E-state index < -0.39 is 0 Å². The van der Waals surface area contributed by atoms with E-state index in [1.807, 2.05) is 30.3 Å². The number of carbonyl (C=O) groups excluding carboxylic acids is 2. The summed E-state index contributed by atoms with van der Waals surface area (Å²) < 4.78 is 5.16. The first-order chi connectivity index (χ1) is 8.09. The van der Waals surface area contributed by atoms with E-state index in [1.165, 1.54) is 6.92 Å². The number of hydrogen-bond acceptors (Lipinski definition) is 4. The lowest BCUT2D eigenvalue weighted by Gasteiger charge is -2.10. The molecule has 4 heteroatoms. The van der Waals surface area contributed by atoms with E-state index in [0.717, 1.165) is 17.3 Å². The minimum Gasteiger partial charge on any atom is -0.461 e. The third-order valence-corrected chi connectivity index (χ3v) is 3.24. The summed E-state index contributed by atoms with van der Waals surface area (Å²) in [5, 5.41) is 0.0210. The highest BCUT2D eigenvalue weighted by atomic mass is 32.2. The second-order valence-corrected chi connectivity index (χ2v) is 4.99. The number of carbonyl (C=O) groups is 2. The van der Waals surface area contributed by atoms with Crippen LogP contribution in [0.25, 0.3) is 0 Å². The van der Waals surface area contributed by atoms with E-state index in [4.69, 9.17) is 4.74 Å². The minimum absolute atomic E-state index is 0.0210. The van der Waals surface area contributed by atoms with Crippen molar-refractivity contribution < 1.29 is 14.3 Å². The van der Waals surface area contributed by atoms with Crippen molar-refractivity contribution in [2.75, 3.05) is 5.75 Å². The lowest BCUT2D eigenvalue weighted by Crippen LogP contribution is -2.17. The van der Waals surface area contributed by atoms with Gasteiger partial charge in [-0.05, 0) is 5.56 Å². The summed E-state index contributed by atoms with van der Waals surface area (Å²) in [6.45, 7) is 3.55. The topological polar surface area (TPSA) is 43.4 Å². The SMILES string of the molecule is CC(=O)SCC(C)C(=O)OCc1ccccc1. The maximum Gasteiger partial charge on any atom is 0.309 e. The maximum atomic E-state index is 11.6. The van der Waals surface area contributed by atoms with Gasteiger partial charge < -0.3 is 4.74 Å². The lowest BCUT2D eigenvalue weighted by atomic mass is 10.2. The molecule has 1 aromatic rings. The second-order valence-electron chi connectivity index (χ2n) is 3.80. The van der Waals surface area contributed by atoms with Gasteiger partial charge in [-0.3, -0.25) is 9.59 Å². The molecule has 0 aromatic heterocycles. The Bertz CT molecular complexity index is 376. The molecule has 1 aromatic carbocycles. The average Bonchev–Trinajstić information content (AvgIpc) is 2.34. The van der Waals surface area contributed by atoms with Crippen molar-refractivity contribution >= 4 is 22.8 Å². The molecule has 1 unspecified atom stereocenters. The zero-order valence-electron chi connectivity index (χ0n) is 10.0. The normalized spacial score (nSPS) is 11.9. The monoisotopic (exact) mass is 252 g/mol. The third kappa shape index (κ3) is 5.54. The summed E-state index contributed by atoms with van der Waals surface area (Å²) in [4.78, 5) is 22.3. The molecular formula is C13H16O3S. The van der Waals surface area contributed by atoms with Gasteiger partial charge in [-0.15, -0.1) is 0 Å². The molecule has 0 bridgehead atoms. The minimum atomic E-state index is -0.261. The van der Waals surface area contributed by atoms with Gasteiger partial charge in [-0.25, -0.2) is 0 Å². The molecule has 3 nitrogen and oxygen atoms in total. The Morgan fingerprint density at radius 3 is 2.53 bits per heavy atom. The summed E-state index contributed by atoms with van der Waals surface area (Å²) in [5.74, 6) is -0.0432. The third-order valence-electron chi connectivity index (χ3n) is 2.16. The van der Waals surface area contributed by atoms with Gasteiger partial charge in [0.1, 0.15) is 6.61 Å². The number of hydrogen-bond donors (Lipinski definition) is 0. The molecule has 0 aliphatic heterocycles. The zero-order valence-corrected chi connectivity index (χ0v) is 10.8. The summed E-state index contributed by atoms with van der Waals surface area (Å²) in [5.41, 5.74) is 0.965. The zero-order chi connectivity index (χ0) is 12.7. The molecule has 1 rings (SSSR count). The Kier molecular flexibility index (Phi) is 5.77. The molecule has 0 saturated heterocycles. The van der Waals surface area contributed by atoms with Crippen LogP contribution < -0.4 is 0 Å². The number of esters is 1. The first-order valence-corrected chi connectivity index (χ1v) is 6.42. The predicted molar refractivity (Wildman–Crippen MR) is 68.5 cm³/mol. The fraction of sp³-hybridized carbons (Fsp3) is 0.385. The van der Waals surface area contributed by atoms with Crippen LogP contribution >= 0.6 is 11.8 Å². The van der Waals surface area contributed by atoms with Crippen molar-refractivity contribution in [3.8, 4) is 0 Å². The van der Waals surface area contributed by atoms with Crippen LogP contribution in [0.3, 0.4) is 0 Å². The number of thioether (sulfide) groups is 1. The molecule has 92 valence electrons. The van der Waals surface area contributed by atoms with Gasteiger partial charge >= 0.3 is 5.97 Å². The highest BCUT2D eigenvalue weighted by molar-refractivity contribution is 8.13. The maximum absolute atomic E-state index is 11.6. The molecule has 0 saturated carbocycles. The van der Waals surface area contributed by atoms with Crippen molar-refractivity contribution in [1.29, 1.82) is 0 Å². The molecule has 17 heavy (non-hydrogen) atoms. The largest absolute Gasteiger partial charge is 0.461 e. The first-order valence-electron chi connectivity index (χ1n) is 5.43. The first kappa shape index (κ1) is 13.8. The summed E-state index contributed by atoms with van der Waals surface area (Å²) in [6, 6.07) is 9.53. The van der Waals surface area contributed by atoms with Crippen LogP contribution in [0, 0.1) is 5.92 Å². The van der Waals surface area contributed by atoms with Crippen LogP contribution in [-0.2, 0) is 20.9 Å². The number of rotatable bonds is 5. The standard InChI is InChI=1S/C13H16O3S/c1-10(9-17-11(2)14)13(15)16-8-12-6-4-3-5-7-12/h3-7,10H,8-9H2,1-2H3. The summed E-state index contributed by atoms with van der Waals surface area (Å²) in [7, 11) is 0. The summed E-state index contributed by atoms with van der Waals surface area (Å²) >= 11 is 1.15. The highest BCUT2D eigenvalue weighted by Gasteiger charge is 2.15. The number of ether oxygens (including phenoxy) is 1. The van der Waals surface area contributed by atoms with E-state index >= 15 is 0 Å². The quantitative estimate of drug-likeness (QED) is 0.756. The Morgan fingerprint density at radius 1 is 1.29 bits per heavy atom. The van der Waals surface area contributed by atoms with E-state index in [2.05, 4.69) is 0 Å². The van der Waals surface area contributed by atoms with Crippen LogP contribution in [0.4, 0.5) is 0 Å². The average molecular weight is 252 g/mol. The van der Waals surface area contributed by atoms with Crippen molar-refractivity contribution in [2.24, 2.45) is 5.92 Å². The fourth-order valence-corrected chi connectivity index (χ4v) is 1.80. The molecular weight excluding hydrogens is 236 g/mol. The molecule has 0 aliphatic carbocycles. The Morgan fingerprint density at radius 2 is 1.94 bits per heavy atom. The smallest absolute Gasteiger partial charge is 0.309 e. The van der Waals surface area contributed by atoms with Crippen LogP contribution in [0.1, 0.15) is 19.4 Å². The van der Waals surface area contributed by atoms with Gasteiger partial charge in [0.2, 0.25) is 0 Å². The molecule has 0 radical (unpaired) electrons. The predicted octanol–water partition coefficient (Wildman–Crippen LogP) is 2.65. The second kappa shape index (κ2) is 7.12. The van der Waals surface area contributed by atoms with Crippen molar-refractivity contribution in [2.45, 2.75) is 20.5 Å². The molecule has 0 spiro atoms. The molecule has 0 N–H and O–H groups in total. The van der Waals surface area contributed by atoms with Gasteiger partial charge in [-0.2, -0.15) is 0 Å². The molecule has 0 amide bonds. The van der Waals surface area contributed by atoms with Gasteiger partial charge in [-0.1, -0.05) is 49.0 Å². The van der Waals surface area contributed by atoms with Gasteiger partial charge in [0.15, 0.2) is 5.12 Å². The Hall–Kier alpha value is -1.29. The van der Waals surface area contributed by atoms with E-state index in [-0.39, 0.29) is 23.6 Å². The van der Waals surface area contributed by atoms with Gasteiger partial charge in [0.25, 0.3) is 0 Å². The van der Waals surface area contributed by atoms with Gasteiger partial charge in [0.05, 0.1) is 5.92 Å². The van der Waals surface area contributed by atoms with Crippen molar-refractivity contribution in [3.05, 3.63) is 35.9 Å². The summed E-state index contributed by atoms with van der Waals surface area (Å²) in [6.07, 6.45) is 0. The number of benzene rings is 1. The molecule has 1 atom stereocenters. The molecule has 0 heterocycles. The molecule has 0 fully saturated rings. The van der Waals surface area contributed by atoms with Crippen molar-refractivity contribution in [3.63, 3.8) is 0 Å². The van der Waals surface area contributed by atoms with Crippen LogP contribution in [0.2, 0.25) is 0 Å². The van der Waals surface area contributed by atoms with Crippen LogP contribution in [0.5, 0.6) is 0 Å². The molecule has 0 aliphatic rings. The fourth-order valence-electron chi connectivity index (χ4n) is 1.18. The van der Waals surface area contributed by atoms with E-state index in [0.29, 0.717) is 5.75 Å². The lowest BCUT2D eigenvalue weighted by molar-refractivity contribution is -0.148. The van der Waals surface area contributed by atoms with E-state index in [1.54, 1.807) is 6.92 Å². The van der Waals surface area contributed by atoms with Crippen molar-refractivity contribution in [1.82, 2.24) is 0 Å². The Balaban J connectivity index is 2.32. The highest BCUT2D eigenvalue weighted by Crippen LogP contribution is 2.11. The Labute approximate surface area is 106 Å². The van der Waals surface area contributed by atoms with Crippen LogP contribution in [-0.4, -0.2) is 16.8 Å². The van der Waals surface area contributed by atoms with Gasteiger partial charge in [0, 0.05) is 12.7 Å².